The molecule has 2 aromatic rings. The Balaban J connectivity index is 2.01. The van der Waals surface area contributed by atoms with Gasteiger partial charge in [-0.05, 0) is 37.7 Å². The molecule has 0 unspecified atom stereocenters. The summed E-state index contributed by atoms with van der Waals surface area (Å²) >= 11 is 0. The van der Waals surface area contributed by atoms with Gasteiger partial charge in [0.05, 0.1) is 11.4 Å². The van der Waals surface area contributed by atoms with Crippen LogP contribution in [0, 0.1) is 0 Å². The molecule has 0 radical (unpaired) electrons. The number of sulfonamides is 1. The molecule has 0 saturated carbocycles. The average molecular weight is 309 g/mol. The van der Waals surface area contributed by atoms with E-state index in [1.807, 2.05) is 19.2 Å². The quantitative estimate of drug-likeness (QED) is 0.755. The molecule has 114 valence electrons. The predicted molar refractivity (Wildman–Crippen MR) is 79.1 cm³/mol. The minimum atomic E-state index is -3.54. The van der Waals surface area contributed by atoms with E-state index in [1.165, 1.54) is 11.0 Å². The largest absolute Gasteiger partial charge is 0.319 e. The van der Waals surface area contributed by atoms with Crippen molar-refractivity contribution in [3.63, 3.8) is 0 Å². The van der Waals surface area contributed by atoms with E-state index in [2.05, 4.69) is 20.1 Å². The first-order chi connectivity index (χ1) is 10.0. The van der Waals surface area contributed by atoms with Crippen LogP contribution in [-0.2, 0) is 30.0 Å². The summed E-state index contributed by atoms with van der Waals surface area (Å²) in [4.78, 5) is 4.22. The number of benzene rings is 1. The van der Waals surface area contributed by atoms with Gasteiger partial charge in [-0.3, -0.25) is 4.68 Å². The number of aryl methyl sites for hydroxylation is 1. The van der Waals surface area contributed by atoms with Crippen LogP contribution in [0.4, 0.5) is 0 Å². The highest BCUT2D eigenvalue weighted by molar-refractivity contribution is 7.89. The molecular weight excluding hydrogens is 290 g/mol. The fourth-order valence-electron chi connectivity index (χ4n) is 1.81. The van der Waals surface area contributed by atoms with Gasteiger partial charge < -0.3 is 5.32 Å². The summed E-state index contributed by atoms with van der Waals surface area (Å²) in [7, 11) is 0.0730. The minimum Gasteiger partial charge on any atom is -0.319 e. The van der Waals surface area contributed by atoms with Crippen LogP contribution in [0.1, 0.15) is 11.4 Å². The summed E-state index contributed by atoms with van der Waals surface area (Å²) < 4.78 is 28.3. The van der Waals surface area contributed by atoms with E-state index < -0.39 is 10.0 Å². The Hall–Kier alpha value is -1.77. The fraction of sp³-hybridized carbons (Fsp3) is 0.385. The SMILES string of the molecule is CNCCc1ccc(S(=O)(=O)NCc2ncn(C)n2)cc1. The third kappa shape index (κ3) is 4.35. The Bertz CT molecular complexity index is 679. The van der Waals surface area contributed by atoms with Crippen LogP contribution in [0.15, 0.2) is 35.5 Å². The Morgan fingerprint density at radius 3 is 2.52 bits per heavy atom. The number of likely N-dealkylation sites (N-methyl/N-ethyl adjacent to an activating group) is 1. The molecular formula is C13H19N5O2S. The second-order valence-corrected chi connectivity index (χ2v) is 6.42. The average Bonchev–Trinajstić information content (AvgIpc) is 2.89. The molecule has 2 N–H and O–H groups in total. The lowest BCUT2D eigenvalue weighted by Crippen LogP contribution is -2.24. The summed E-state index contributed by atoms with van der Waals surface area (Å²) in [5.41, 5.74) is 1.09. The highest BCUT2D eigenvalue weighted by Crippen LogP contribution is 2.11. The van der Waals surface area contributed by atoms with E-state index >= 15 is 0 Å². The molecule has 0 aliphatic rings. The fourth-order valence-corrected chi connectivity index (χ4v) is 2.79. The first-order valence-corrected chi connectivity index (χ1v) is 8.07. The van der Waals surface area contributed by atoms with Gasteiger partial charge in [-0.15, -0.1) is 0 Å². The standard InChI is InChI=1S/C13H19N5O2S/c1-14-8-7-11-3-5-12(6-4-11)21(19,20)16-9-13-15-10-18(2)17-13/h3-6,10,14,16H,7-9H2,1-2H3. The van der Waals surface area contributed by atoms with E-state index in [9.17, 15) is 8.42 Å². The Morgan fingerprint density at radius 2 is 1.95 bits per heavy atom. The Kier molecular flexibility index (Phi) is 5.05. The van der Waals surface area contributed by atoms with Crippen molar-refractivity contribution in [3.8, 4) is 0 Å². The van der Waals surface area contributed by atoms with Crippen LogP contribution in [0.25, 0.3) is 0 Å². The molecule has 0 bridgehead atoms. The van der Waals surface area contributed by atoms with Gasteiger partial charge in [0, 0.05) is 7.05 Å². The zero-order chi connectivity index (χ0) is 15.3. The van der Waals surface area contributed by atoms with Gasteiger partial charge in [-0.2, -0.15) is 5.10 Å². The molecule has 21 heavy (non-hydrogen) atoms. The molecule has 2 rings (SSSR count). The van der Waals surface area contributed by atoms with Crippen molar-refractivity contribution >= 4 is 10.0 Å². The maximum atomic E-state index is 12.2. The van der Waals surface area contributed by atoms with E-state index in [1.54, 1.807) is 19.2 Å². The van der Waals surface area contributed by atoms with Crippen LogP contribution < -0.4 is 10.0 Å². The lowest BCUT2D eigenvalue weighted by atomic mass is 10.1. The van der Waals surface area contributed by atoms with E-state index in [0.717, 1.165) is 18.5 Å². The van der Waals surface area contributed by atoms with Crippen molar-refractivity contribution in [1.29, 1.82) is 0 Å². The number of rotatable bonds is 7. The molecule has 0 aliphatic carbocycles. The van der Waals surface area contributed by atoms with Gasteiger partial charge in [0.2, 0.25) is 10.0 Å². The third-order valence-electron chi connectivity index (χ3n) is 2.96. The first-order valence-electron chi connectivity index (χ1n) is 6.59. The Morgan fingerprint density at radius 1 is 1.24 bits per heavy atom. The first kappa shape index (κ1) is 15.6. The number of nitrogens with one attached hydrogen (secondary N) is 2. The van der Waals surface area contributed by atoms with Gasteiger partial charge in [0.1, 0.15) is 6.33 Å². The van der Waals surface area contributed by atoms with Crippen molar-refractivity contribution in [2.24, 2.45) is 7.05 Å². The lowest BCUT2D eigenvalue weighted by Gasteiger charge is -2.06. The second kappa shape index (κ2) is 6.79. The molecule has 1 heterocycles. The molecule has 0 atom stereocenters. The van der Waals surface area contributed by atoms with Crippen LogP contribution in [0.3, 0.4) is 0 Å². The van der Waals surface area contributed by atoms with Crippen molar-refractivity contribution < 1.29 is 8.42 Å². The number of aromatic nitrogens is 3. The normalized spacial score (nSPS) is 11.7. The molecule has 0 aliphatic heterocycles. The minimum absolute atomic E-state index is 0.0741. The highest BCUT2D eigenvalue weighted by atomic mass is 32.2. The van der Waals surface area contributed by atoms with E-state index in [4.69, 9.17) is 0 Å². The van der Waals surface area contributed by atoms with Gasteiger partial charge in [-0.1, -0.05) is 12.1 Å². The maximum absolute atomic E-state index is 12.2. The van der Waals surface area contributed by atoms with E-state index in [0.29, 0.717) is 5.82 Å². The molecule has 0 amide bonds. The number of nitrogens with zero attached hydrogens (tertiary/aromatic N) is 3. The Labute approximate surface area is 124 Å². The van der Waals surface area contributed by atoms with Gasteiger partial charge in [-0.25, -0.2) is 18.1 Å². The van der Waals surface area contributed by atoms with Crippen molar-refractivity contribution in [1.82, 2.24) is 24.8 Å². The molecule has 1 aromatic heterocycles. The molecule has 1 aromatic carbocycles. The summed E-state index contributed by atoms with van der Waals surface area (Å²) in [6.45, 7) is 0.931. The number of hydrogen-bond acceptors (Lipinski definition) is 5. The smallest absolute Gasteiger partial charge is 0.240 e. The zero-order valence-electron chi connectivity index (χ0n) is 12.1. The van der Waals surface area contributed by atoms with Crippen molar-refractivity contribution in [2.45, 2.75) is 17.9 Å². The maximum Gasteiger partial charge on any atom is 0.240 e. The summed E-state index contributed by atoms with van der Waals surface area (Å²) in [5, 5.41) is 7.08. The molecule has 0 saturated heterocycles. The van der Waals surface area contributed by atoms with Gasteiger partial charge >= 0.3 is 0 Å². The van der Waals surface area contributed by atoms with E-state index in [-0.39, 0.29) is 11.4 Å². The molecule has 0 spiro atoms. The van der Waals surface area contributed by atoms with Crippen LogP contribution in [0.2, 0.25) is 0 Å². The lowest BCUT2D eigenvalue weighted by molar-refractivity contribution is 0.578. The second-order valence-electron chi connectivity index (χ2n) is 4.66. The summed E-state index contributed by atoms with van der Waals surface area (Å²) in [6, 6.07) is 6.87. The highest BCUT2D eigenvalue weighted by Gasteiger charge is 2.14. The molecule has 8 heteroatoms. The van der Waals surface area contributed by atoms with Crippen LogP contribution in [-0.4, -0.2) is 36.8 Å². The zero-order valence-corrected chi connectivity index (χ0v) is 12.9. The van der Waals surface area contributed by atoms with Gasteiger partial charge in [0.15, 0.2) is 5.82 Å². The van der Waals surface area contributed by atoms with Crippen LogP contribution in [0.5, 0.6) is 0 Å². The predicted octanol–water partition coefficient (Wildman–Crippen LogP) is 0.0555. The number of hydrogen-bond donors (Lipinski definition) is 2. The van der Waals surface area contributed by atoms with Crippen LogP contribution >= 0.6 is 0 Å². The summed E-state index contributed by atoms with van der Waals surface area (Å²) in [6.07, 6.45) is 2.39. The van der Waals surface area contributed by atoms with Crippen molar-refractivity contribution in [2.75, 3.05) is 13.6 Å². The molecule has 7 nitrogen and oxygen atoms in total. The summed E-state index contributed by atoms with van der Waals surface area (Å²) in [5.74, 6) is 0.437. The monoisotopic (exact) mass is 309 g/mol. The topological polar surface area (TPSA) is 88.9 Å². The van der Waals surface area contributed by atoms with Gasteiger partial charge in [0.25, 0.3) is 0 Å². The molecule has 0 fully saturated rings. The van der Waals surface area contributed by atoms with Crippen molar-refractivity contribution in [3.05, 3.63) is 42.0 Å². The third-order valence-corrected chi connectivity index (χ3v) is 4.38.